The predicted octanol–water partition coefficient (Wildman–Crippen LogP) is 2.81. The summed E-state index contributed by atoms with van der Waals surface area (Å²) in [6, 6.07) is 0. The summed E-state index contributed by atoms with van der Waals surface area (Å²) in [5, 5.41) is 0. The number of carbonyl (C=O) groups is 1. The van der Waals surface area contributed by atoms with Crippen molar-refractivity contribution >= 4 is 6.29 Å². The Balaban J connectivity index is 2.80. The molecule has 0 heterocycles. The molecular formula is C12H22O2. The summed E-state index contributed by atoms with van der Waals surface area (Å²) in [7, 11) is 1.76. The summed E-state index contributed by atoms with van der Waals surface area (Å²) in [6.45, 7) is 4.34. The van der Waals surface area contributed by atoms with Crippen molar-refractivity contribution < 1.29 is 9.53 Å². The van der Waals surface area contributed by atoms with Crippen LogP contribution in [-0.4, -0.2) is 19.0 Å². The Labute approximate surface area is 87.0 Å². The fourth-order valence-corrected chi connectivity index (χ4v) is 2.92. The first-order chi connectivity index (χ1) is 6.71. The third-order valence-corrected chi connectivity index (χ3v) is 3.81. The van der Waals surface area contributed by atoms with Crippen LogP contribution in [0.1, 0.15) is 46.0 Å². The van der Waals surface area contributed by atoms with Crippen LogP contribution in [0.25, 0.3) is 0 Å². The van der Waals surface area contributed by atoms with E-state index in [1.165, 1.54) is 12.8 Å². The van der Waals surface area contributed by atoms with Gasteiger partial charge in [-0.05, 0) is 25.2 Å². The molecule has 0 aromatic rings. The van der Waals surface area contributed by atoms with Gasteiger partial charge < -0.3 is 9.53 Å². The molecule has 1 aliphatic rings. The molecule has 0 aromatic carbocycles. The van der Waals surface area contributed by atoms with Crippen molar-refractivity contribution in [1.82, 2.24) is 0 Å². The van der Waals surface area contributed by atoms with Crippen molar-refractivity contribution in [1.29, 1.82) is 0 Å². The number of ether oxygens (including phenoxy) is 1. The van der Waals surface area contributed by atoms with Crippen molar-refractivity contribution in [3.05, 3.63) is 0 Å². The molecule has 3 atom stereocenters. The smallest absolute Gasteiger partial charge is 0.125 e. The van der Waals surface area contributed by atoms with Crippen LogP contribution in [0.2, 0.25) is 0 Å². The molecule has 3 unspecified atom stereocenters. The second kappa shape index (κ2) is 4.92. The van der Waals surface area contributed by atoms with Gasteiger partial charge in [-0.2, -0.15) is 0 Å². The highest BCUT2D eigenvalue weighted by atomic mass is 16.5. The zero-order valence-corrected chi connectivity index (χ0v) is 9.58. The molecule has 0 bridgehead atoms. The third-order valence-electron chi connectivity index (χ3n) is 3.81. The van der Waals surface area contributed by atoms with E-state index < -0.39 is 0 Å². The zero-order valence-electron chi connectivity index (χ0n) is 9.58. The lowest BCUT2D eigenvalue weighted by molar-refractivity contribution is -0.129. The highest BCUT2D eigenvalue weighted by Crippen LogP contribution is 2.44. The van der Waals surface area contributed by atoms with Crippen LogP contribution in [0, 0.1) is 11.8 Å². The SMILES string of the molecule is CCCC(C=O)C1(OC)CCCC1C. The standard InChI is InChI=1S/C12H22O2/c1-4-6-11(9-13)12(14-3)8-5-7-10(12)2/h9-11H,4-8H2,1-3H3. The fourth-order valence-electron chi connectivity index (χ4n) is 2.92. The summed E-state index contributed by atoms with van der Waals surface area (Å²) in [5.74, 6) is 0.615. The Hall–Kier alpha value is -0.370. The van der Waals surface area contributed by atoms with E-state index in [1.54, 1.807) is 7.11 Å². The summed E-state index contributed by atoms with van der Waals surface area (Å²) in [6.07, 6.45) is 6.57. The van der Waals surface area contributed by atoms with Gasteiger partial charge in [0, 0.05) is 13.0 Å². The van der Waals surface area contributed by atoms with Gasteiger partial charge >= 0.3 is 0 Å². The molecule has 0 saturated heterocycles. The van der Waals surface area contributed by atoms with Gasteiger partial charge in [0.15, 0.2) is 0 Å². The van der Waals surface area contributed by atoms with Gasteiger partial charge in [-0.1, -0.05) is 26.7 Å². The van der Waals surface area contributed by atoms with E-state index in [9.17, 15) is 4.79 Å². The van der Waals surface area contributed by atoms with E-state index in [0.717, 1.165) is 25.5 Å². The molecule has 1 saturated carbocycles. The highest BCUT2D eigenvalue weighted by molar-refractivity contribution is 5.56. The molecule has 2 heteroatoms. The molecule has 1 rings (SSSR count). The minimum Gasteiger partial charge on any atom is -0.377 e. The quantitative estimate of drug-likeness (QED) is 0.635. The second-order valence-corrected chi connectivity index (χ2v) is 4.48. The van der Waals surface area contributed by atoms with Crippen molar-refractivity contribution in [2.75, 3.05) is 7.11 Å². The first kappa shape index (κ1) is 11.7. The van der Waals surface area contributed by atoms with Crippen LogP contribution >= 0.6 is 0 Å². The van der Waals surface area contributed by atoms with Gasteiger partial charge in [-0.25, -0.2) is 0 Å². The maximum Gasteiger partial charge on any atom is 0.125 e. The molecule has 82 valence electrons. The lowest BCUT2D eigenvalue weighted by atomic mass is 9.78. The molecule has 1 aliphatic carbocycles. The lowest BCUT2D eigenvalue weighted by Crippen LogP contribution is -2.43. The van der Waals surface area contributed by atoms with E-state index in [0.29, 0.717) is 5.92 Å². The Morgan fingerprint density at radius 1 is 1.64 bits per heavy atom. The van der Waals surface area contributed by atoms with Crippen LogP contribution in [0.4, 0.5) is 0 Å². The Morgan fingerprint density at radius 3 is 2.71 bits per heavy atom. The van der Waals surface area contributed by atoms with E-state index >= 15 is 0 Å². The minimum atomic E-state index is -0.155. The van der Waals surface area contributed by atoms with Crippen molar-refractivity contribution in [3.8, 4) is 0 Å². The molecule has 0 N–H and O–H groups in total. The molecule has 0 spiro atoms. The van der Waals surface area contributed by atoms with Crippen molar-refractivity contribution in [2.45, 2.75) is 51.6 Å². The number of hydrogen-bond donors (Lipinski definition) is 0. The van der Waals surface area contributed by atoms with E-state index in [1.807, 2.05) is 0 Å². The highest BCUT2D eigenvalue weighted by Gasteiger charge is 2.46. The van der Waals surface area contributed by atoms with Crippen LogP contribution in [0.15, 0.2) is 0 Å². The fraction of sp³-hybridized carbons (Fsp3) is 0.917. The largest absolute Gasteiger partial charge is 0.377 e. The summed E-state index contributed by atoms with van der Waals surface area (Å²) in [4.78, 5) is 11.1. The molecule has 0 radical (unpaired) electrons. The maximum atomic E-state index is 11.1. The number of hydrogen-bond acceptors (Lipinski definition) is 2. The maximum absolute atomic E-state index is 11.1. The third kappa shape index (κ3) is 1.85. The summed E-state index contributed by atoms with van der Waals surface area (Å²) in [5.41, 5.74) is -0.155. The summed E-state index contributed by atoms with van der Waals surface area (Å²) < 4.78 is 5.69. The molecule has 1 fully saturated rings. The van der Waals surface area contributed by atoms with E-state index in [2.05, 4.69) is 13.8 Å². The first-order valence-corrected chi connectivity index (χ1v) is 5.71. The van der Waals surface area contributed by atoms with Gasteiger partial charge in [0.25, 0.3) is 0 Å². The van der Waals surface area contributed by atoms with E-state index in [-0.39, 0.29) is 11.5 Å². The monoisotopic (exact) mass is 198 g/mol. The molecule has 14 heavy (non-hydrogen) atoms. The zero-order chi connectivity index (χ0) is 10.6. The number of carbonyl (C=O) groups excluding carboxylic acids is 1. The number of methoxy groups -OCH3 is 1. The van der Waals surface area contributed by atoms with Crippen molar-refractivity contribution in [3.63, 3.8) is 0 Å². The molecule has 2 nitrogen and oxygen atoms in total. The van der Waals surface area contributed by atoms with Crippen LogP contribution in [0.5, 0.6) is 0 Å². The number of aldehydes is 1. The Kier molecular flexibility index (Phi) is 4.11. The average Bonchev–Trinajstić information content (AvgIpc) is 2.57. The predicted molar refractivity (Wildman–Crippen MR) is 57.2 cm³/mol. The lowest BCUT2D eigenvalue weighted by Gasteiger charge is -2.37. The van der Waals surface area contributed by atoms with E-state index in [4.69, 9.17) is 4.74 Å². The Bertz CT molecular complexity index is 191. The molecule has 0 aromatic heterocycles. The van der Waals surface area contributed by atoms with Gasteiger partial charge in [-0.3, -0.25) is 0 Å². The number of rotatable bonds is 5. The van der Waals surface area contributed by atoms with Gasteiger partial charge in [0.2, 0.25) is 0 Å². The van der Waals surface area contributed by atoms with Crippen LogP contribution < -0.4 is 0 Å². The summed E-state index contributed by atoms with van der Waals surface area (Å²) >= 11 is 0. The van der Waals surface area contributed by atoms with Crippen molar-refractivity contribution in [2.24, 2.45) is 11.8 Å². The van der Waals surface area contributed by atoms with Crippen LogP contribution in [0.3, 0.4) is 0 Å². The van der Waals surface area contributed by atoms with Gasteiger partial charge in [0.1, 0.15) is 6.29 Å². The van der Waals surface area contributed by atoms with Gasteiger partial charge in [-0.15, -0.1) is 0 Å². The normalized spacial score (nSPS) is 34.4. The minimum absolute atomic E-state index is 0.0926. The second-order valence-electron chi connectivity index (χ2n) is 4.48. The first-order valence-electron chi connectivity index (χ1n) is 5.71. The van der Waals surface area contributed by atoms with Crippen LogP contribution in [-0.2, 0) is 9.53 Å². The molecule has 0 amide bonds. The average molecular weight is 198 g/mol. The molecular weight excluding hydrogens is 176 g/mol. The molecule has 0 aliphatic heterocycles. The van der Waals surface area contributed by atoms with Gasteiger partial charge in [0.05, 0.1) is 5.60 Å². The topological polar surface area (TPSA) is 26.3 Å². The Morgan fingerprint density at radius 2 is 2.36 bits per heavy atom.